The molecule has 6 nitrogen and oxygen atoms in total. The molecule has 2 atom stereocenters. The zero-order chi connectivity index (χ0) is 21.8. The lowest BCUT2D eigenvalue weighted by Crippen LogP contribution is -2.58. The number of nitrogens with zero attached hydrogens (tertiary/aromatic N) is 2. The number of ether oxygens (including phenoxy) is 1. The van der Waals surface area contributed by atoms with E-state index in [4.69, 9.17) is 4.74 Å². The maximum absolute atomic E-state index is 12.6. The highest BCUT2D eigenvalue weighted by Crippen LogP contribution is 2.30. The average Bonchev–Trinajstić information content (AvgIpc) is 3.11. The van der Waals surface area contributed by atoms with Crippen molar-refractivity contribution in [1.82, 2.24) is 9.88 Å². The Morgan fingerprint density at radius 3 is 2.58 bits per heavy atom. The highest BCUT2D eigenvalue weighted by Gasteiger charge is 2.40. The second kappa shape index (κ2) is 9.18. The van der Waals surface area contributed by atoms with Crippen LogP contribution < -0.4 is 10.1 Å². The lowest BCUT2D eigenvalue weighted by atomic mass is 9.91. The summed E-state index contributed by atoms with van der Waals surface area (Å²) in [5, 5.41) is 14.4. The van der Waals surface area contributed by atoms with Gasteiger partial charge in [-0.3, -0.25) is 9.69 Å². The minimum absolute atomic E-state index is 0.133. The van der Waals surface area contributed by atoms with Gasteiger partial charge >= 0.3 is 0 Å². The molecule has 4 rings (SSSR count). The van der Waals surface area contributed by atoms with E-state index in [0.717, 1.165) is 21.9 Å². The molecule has 1 aliphatic heterocycles. The molecular formula is C24H27N3O3S. The SMILES string of the molecule is Cc1sc(NC(=O)CN2CC[C@H](Oc3ccccc3)[C@@](C)(O)C2)nc1-c1ccccc1. The van der Waals surface area contributed by atoms with Crippen LogP contribution >= 0.6 is 11.3 Å². The molecule has 1 fully saturated rings. The van der Waals surface area contributed by atoms with E-state index in [-0.39, 0.29) is 18.6 Å². The molecule has 0 bridgehead atoms. The largest absolute Gasteiger partial charge is 0.487 e. The number of rotatable bonds is 6. The summed E-state index contributed by atoms with van der Waals surface area (Å²) in [6.45, 7) is 5.01. The number of likely N-dealkylation sites (tertiary alicyclic amines) is 1. The van der Waals surface area contributed by atoms with E-state index in [1.807, 2.05) is 72.5 Å². The van der Waals surface area contributed by atoms with Crippen molar-refractivity contribution in [2.24, 2.45) is 0 Å². The van der Waals surface area contributed by atoms with Gasteiger partial charge in [0.1, 0.15) is 17.5 Å². The number of amides is 1. The molecule has 1 amide bonds. The van der Waals surface area contributed by atoms with Crippen molar-refractivity contribution < 1.29 is 14.6 Å². The number of β-amino-alcohol motifs (C(OH)–C–C–N with tert-alkyl or cyclic N) is 1. The Morgan fingerprint density at radius 1 is 1.23 bits per heavy atom. The summed E-state index contributed by atoms with van der Waals surface area (Å²) in [5.41, 5.74) is 0.878. The summed E-state index contributed by atoms with van der Waals surface area (Å²) >= 11 is 1.47. The molecule has 1 saturated heterocycles. The molecule has 0 radical (unpaired) electrons. The van der Waals surface area contributed by atoms with Crippen LogP contribution in [0.4, 0.5) is 5.13 Å². The number of aliphatic hydroxyl groups is 1. The van der Waals surface area contributed by atoms with Crippen molar-refractivity contribution in [3.05, 3.63) is 65.5 Å². The second-order valence-electron chi connectivity index (χ2n) is 8.11. The standard InChI is InChI=1S/C24H27N3O3S/c1-17-22(18-9-5-3-6-10-18)26-23(31-17)25-21(28)15-27-14-13-20(24(2,29)16-27)30-19-11-7-4-8-12-19/h3-12,20,29H,13-16H2,1-2H3,(H,25,26,28)/t20-,24-/m0/s1. The van der Waals surface area contributed by atoms with Crippen LogP contribution in [0.15, 0.2) is 60.7 Å². The fourth-order valence-corrected chi connectivity index (χ4v) is 4.76. The van der Waals surface area contributed by atoms with Gasteiger partial charge in [0, 0.05) is 23.5 Å². The Morgan fingerprint density at radius 2 is 1.90 bits per heavy atom. The molecule has 31 heavy (non-hydrogen) atoms. The smallest absolute Gasteiger partial charge is 0.240 e. The monoisotopic (exact) mass is 437 g/mol. The van der Waals surface area contributed by atoms with Crippen molar-refractivity contribution in [3.8, 4) is 17.0 Å². The second-order valence-corrected chi connectivity index (χ2v) is 9.32. The number of hydrogen-bond acceptors (Lipinski definition) is 6. The van der Waals surface area contributed by atoms with E-state index in [1.165, 1.54) is 11.3 Å². The summed E-state index contributed by atoms with van der Waals surface area (Å²) in [5.74, 6) is 0.610. The Kier molecular flexibility index (Phi) is 6.36. The Labute approximate surface area is 186 Å². The third kappa shape index (κ3) is 5.31. The summed E-state index contributed by atoms with van der Waals surface area (Å²) in [4.78, 5) is 20.2. The molecule has 0 spiro atoms. The van der Waals surface area contributed by atoms with Crippen molar-refractivity contribution in [1.29, 1.82) is 0 Å². The van der Waals surface area contributed by atoms with Gasteiger partial charge in [-0.15, -0.1) is 11.3 Å². The van der Waals surface area contributed by atoms with Gasteiger partial charge in [-0.2, -0.15) is 0 Å². The maximum atomic E-state index is 12.6. The van der Waals surface area contributed by atoms with Gasteiger partial charge in [-0.05, 0) is 32.4 Å². The number of thiazole rings is 1. The van der Waals surface area contributed by atoms with E-state index in [9.17, 15) is 9.90 Å². The van der Waals surface area contributed by atoms with E-state index in [1.54, 1.807) is 6.92 Å². The summed E-state index contributed by atoms with van der Waals surface area (Å²) < 4.78 is 5.99. The first-order chi connectivity index (χ1) is 14.9. The number of benzene rings is 2. The van der Waals surface area contributed by atoms with Gasteiger partial charge in [0.05, 0.1) is 12.2 Å². The van der Waals surface area contributed by atoms with Gasteiger partial charge in [-0.25, -0.2) is 4.98 Å². The van der Waals surface area contributed by atoms with Crippen LogP contribution in [0.1, 0.15) is 18.2 Å². The number of anilines is 1. The number of nitrogens with one attached hydrogen (secondary N) is 1. The fraction of sp³-hybridized carbons (Fsp3) is 0.333. The molecular weight excluding hydrogens is 410 g/mol. The third-order valence-electron chi connectivity index (χ3n) is 5.42. The van der Waals surface area contributed by atoms with Gasteiger partial charge in [-0.1, -0.05) is 48.5 Å². The minimum atomic E-state index is -1.05. The summed E-state index contributed by atoms with van der Waals surface area (Å²) in [6, 6.07) is 19.5. The van der Waals surface area contributed by atoms with Crippen LogP contribution in [0, 0.1) is 6.92 Å². The zero-order valence-electron chi connectivity index (χ0n) is 17.7. The Bertz CT molecular complexity index is 1020. The van der Waals surface area contributed by atoms with Crippen LogP contribution in [0.2, 0.25) is 0 Å². The number of aromatic nitrogens is 1. The van der Waals surface area contributed by atoms with Crippen LogP contribution in [-0.2, 0) is 4.79 Å². The molecule has 3 aromatic rings. The van der Waals surface area contributed by atoms with Crippen molar-refractivity contribution >= 4 is 22.4 Å². The van der Waals surface area contributed by atoms with Gasteiger partial charge in [0.25, 0.3) is 0 Å². The first-order valence-corrected chi connectivity index (χ1v) is 11.2. The molecule has 2 heterocycles. The van der Waals surface area contributed by atoms with Gasteiger partial charge in [0.15, 0.2) is 5.13 Å². The first-order valence-electron chi connectivity index (χ1n) is 10.4. The molecule has 0 aliphatic carbocycles. The van der Waals surface area contributed by atoms with Crippen LogP contribution in [-0.4, -0.2) is 52.2 Å². The molecule has 1 aliphatic rings. The number of piperidine rings is 1. The lowest BCUT2D eigenvalue weighted by Gasteiger charge is -2.42. The van der Waals surface area contributed by atoms with E-state index < -0.39 is 5.60 Å². The van der Waals surface area contributed by atoms with Crippen molar-refractivity contribution in [2.45, 2.75) is 32.0 Å². The summed E-state index contributed by atoms with van der Waals surface area (Å²) in [6.07, 6.45) is 0.327. The minimum Gasteiger partial charge on any atom is -0.487 e. The Balaban J connectivity index is 1.34. The first kappa shape index (κ1) is 21.5. The number of para-hydroxylation sites is 1. The van der Waals surface area contributed by atoms with Crippen LogP contribution in [0.25, 0.3) is 11.3 Å². The highest BCUT2D eigenvalue weighted by atomic mass is 32.1. The molecule has 1 aromatic heterocycles. The maximum Gasteiger partial charge on any atom is 0.240 e. The number of carbonyl (C=O) groups excluding carboxylic acids is 1. The predicted octanol–water partition coefficient (Wildman–Crippen LogP) is 3.96. The summed E-state index contributed by atoms with van der Waals surface area (Å²) in [7, 11) is 0. The number of carbonyl (C=O) groups is 1. The van der Waals surface area contributed by atoms with Crippen LogP contribution in [0.3, 0.4) is 0 Å². The van der Waals surface area contributed by atoms with Crippen LogP contribution in [0.5, 0.6) is 5.75 Å². The van der Waals surface area contributed by atoms with Crippen molar-refractivity contribution in [2.75, 3.05) is 25.0 Å². The molecule has 162 valence electrons. The fourth-order valence-electron chi connectivity index (χ4n) is 3.90. The van der Waals surface area contributed by atoms with Gasteiger partial charge in [0.2, 0.25) is 5.91 Å². The van der Waals surface area contributed by atoms with E-state index >= 15 is 0 Å². The molecule has 2 aromatic carbocycles. The topological polar surface area (TPSA) is 74.7 Å². The molecule has 2 N–H and O–H groups in total. The van der Waals surface area contributed by atoms with Crippen molar-refractivity contribution in [3.63, 3.8) is 0 Å². The lowest BCUT2D eigenvalue weighted by molar-refractivity contribution is -0.123. The predicted molar refractivity (Wildman–Crippen MR) is 123 cm³/mol. The molecule has 0 saturated carbocycles. The van der Waals surface area contributed by atoms with Gasteiger partial charge < -0.3 is 15.2 Å². The number of aryl methyl sites for hydroxylation is 1. The molecule has 7 heteroatoms. The highest BCUT2D eigenvalue weighted by molar-refractivity contribution is 7.16. The normalized spacial score (nSPS) is 21.6. The quantitative estimate of drug-likeness (QED) is 0.611. The zero-order valence-corrected chi connectivity index (χ0v) is 18.6. The van der Waals surface area contributed by atoms with E-state index in [0.29, 0.717) is 24.6 Å². The third-order valence-corrected chi connectivity index (χ3v) is 6.31. The average molecular weight is 438 g/mol. The number of hydrogen-bond donors (Lipinski definition) is 2. The Hall–Kier alpha value is -2.74. The molecule has 0 unspecified atom stereocenters. The van der Waals surface area contributed by atoms with E-state index in [2.05, 4.69) is 10.3 Å².